The van der Waals surface area contributed by atoms with Crippen LogP contribution in [-0.4, -0.2) is 26.1 Å². The molecule has 102 valence electrons. The number of benzene rings is 1. The van der Waals surface area contributed by atoms with Gasteiger partial charge in [-0.2, -0.15) is 0 Å². The molecule has 0 bridgehead atoms. The number of rotatable bonds is 4. The smallest absolute Gasteiger partial charge is 0.123 e. The number of hydrogen-bond donors (Lipinski definition) is 1. The van der Waals surface area contributed by atoms with E-state index in [2.05, 4.69) is 67.4 Å². The van der Waals surface area contributed by atoms with Crippen LogP contribution in [0.1, 0.15) is 23.5 Å². The highest BCUT2D eigenvalue weighted by atomic mass is 32.1. The van der Waals surface area contributed by atoms with Gasteiger partial charge in [-0.05, 0) is 45.2 Å². The van der Waals surface area contributed by atoms with Gasteiger partial charge in [0.25, 0.3) is 0 Å². The van der Waals surface area contributed by atoms with Gasteiger partial charge in [0.05, 0.1) is 5.69 Å². The molecule has 1 atom stereocenters. The zero-order valence-corrected chi connectivity index (χ0v) is 13.0. The van der Waals surface area contributed by atoms with Crippen molar-refractivity contribution in [1.82, 2.24) is 10.3 Å². The molecular formula is C15H21N3S. The van der Waals surface area contributed by atoms with Crippen molar-refractivity contribution in [3.63, 3.8) is 0 Å². The van der Waals surface area contributed by atoms with E-state index in [1.54, 1.807) is 11.3 Å². The van der Waals surface area contributed by atoms with Gasteiger partial charge in [0.2, 0.25) is 0 Å². The van der Waals surface area contributed by atoms with Crippen molar-refractivity contribution < 1.29 is 0 Å². The summed E-state index contributed by atoms with van der Waals surface area (Å²) in [4.78, 5) is 8.11. The van der Waals surface area contributed by atoms with Crippen molar-refractivity contribution >= 4 is 17.0 Å². The molecule has 0 radical (unpaired) electrons. The summed E-state index contributed by atoms with van der Waals surface area (Å²) >= 11 is 1.77. The molecular weight excluding hydrogens is 254 g/mol. The van der Waals surface area contributed by atoms with E-state index in [-0.39, 0.29) is 0 Å². The number of nitrogens with zero attached hydrogens (tertiary/aromatic N) is 2. The Bertz CT molecular complexity index is 543. The maximum Gasteiger partial charge on any atom is 0.123 e. The summed E-state index contributed by atoms with van der Waals surface area (Å²) in [5.41, 5.74) is 3.52. The van der Waals surface area contributed by atoms with Crippen LogP contribution in [0.3, 0.4) is 0 Å². The molecule has 1 unspecified atom stereocenters. The van der Waals surface area contributed by atoms with E-state index in [4.69, 9.17) is 0 Å². The molecule has 3 nitrogen and oxygen atoms in total. The Morgan fingerprint density at radius 1 is 1.21 bits per heavy atom. The van der Waals surface area contributed by atoms with E-state index in [0.717, 1.165) is 10.7 Å². The van der Waals surface area contributed by atoms with E-state index >= 15 is 0 Å². The third kappa shape index (κ3) is 2.96. The molecule has 1 heterocycles. The van der Waals surface area contributed by atoms with Crippen LogP contribution in [-0.2, 0) is 0 Å². The van der Waals surface area contributed by atoms with Gasteiger partial charge in [-0.3, -0.25) is 0 Å². The lowest BCUT2D eigenvalue weighted by Crippen LogP contribution is -2.11. The number of anilines is 1. The topological polar surface area (TPSA) is 28.2 Å². The molecule has 0 aliphatic heterocycles. The average molecular weight is 275 g/mol. The van der Waals surface area contributed by atoms with E-state index in [1.165, 1.54) is 16.1 Å². The maximum atomic E-state index is 4.69. The van der Waals surface area contributed by atoms with Crippen molar-refractivity contribution in [1.29, 1.82) is 0 Å². The molecule has 0 saturated heterocycles. The first-order valence-electron chi connectivity index (χ1n) is 6.45. The number of nitrogens with one attached hydrogen (secondary N) is 1. The molecule has 1 N–H and O–H groups in total. The molecule has 0 aliphatic rings. The Balaban J connectivity index is 2.32. The fourth-order valence-electron chi connectivity index (χ4n) is 1.97. The Kier molecular flexibility index (Phi) is 4.22. The Labute approximate surface area is 119 Å². The van der Waals surface area contributed by atoms with Gasteiger partial charge >= 0.3 is 0 Å². The molecule has 1 aromatic heterocycles. The fourth-order valence-corrected chi connectivity index (χ4v) is 3.10. The third-order valence-corrected chi connectivity index (χ3v) is 4.68. The number of aryl methyl sites for hydroxylation is 1. The molecule has 0 fully saturated rings. The second kappa shape index (κ2) is 5.72. The van der Waals surface area contributed by atoms with Crippen LogP contribution >= 0.6 is 11.3 Å². The lowest BCUT2D eigenvalue weighted by atomic mass is 10.2. The van der Waals surface area contributed by atoms with Crippen LogP contribution in [0.15, 0.2) is 24.3 Å². The molecule has 0 spiro atoms. The third-order valence-electron chi connectivity index (χ3n) is 3.29. The van der Waals surface area contributed by atoms with Gasteiger partial charge in [0.1, 0.15) is 5.01 Å². The zero-order valence-electron chi connectivity index (χ0n) is 12.2. The first-order valence-corrected chi connectivity index (χ1v) is 7.27. The van der Waals surface area contributed by atoms with Gasteiger partial charge in [-0.15, -0.1) is 11.3 Å². The van der Waals surface area contributed by atoms with Crippen LogP contribution in [0.2, 0.25) is 0 Å². The van der Waals surface area contributed by atoms with E-state index < -0.39 is 0 Å². The van der Waals surface area contributed by atoms with E-state index in [0.29, 0.717) is 6.04 Å². The predicted molar refractivity (Wildman–Crippen MR) is 84.1 cm³/mol. The van der Waals surface area contributed by atoms with E-state index in [1.807, 2.05) is 7.05 Å². The van der Waals surface area contributed by atoms with Gasteiger partial charge in [0.15, 0.2) is 0 Å². The minimum absolute atomic E-state index is 0.354. The van der Waals surface area contributed by atoms with E-state index in [9.17, 15) is 0 Å². The van der Waals surface area contributed by atoms with Crippen molar-refractivity contribution in [2.75, 3.05) is 26.0 Å². The molecule has 2 aromatic rings. The monoisotopic (exact) mass is 275 g/mol. The zero-order chi connectivity index (χ0) is 14.0. The first-order chi connectivity index (χ1) is 9.02. The molecule has 0 aliphatic carbocycles. The van der Waals surface area contributed by atoms with Crippen molar-refractivity contribution in [2.45, 2.75) is 19.9 Å². The minimum Gasteiger partial charge on any atom is -0.378 e. The molecule has 1 aromatic carbocycles. The molecule has 2 rings (SSSR count). The van der Waals surface area contributed by atoms with Crippen molar-refractivity contribution in [3.8, 4) is 10.6 Å². The lowest BCUT2D eigenvalue weighted by molar-refractivity contribution is 0.658. The Morgan fingerprint density at radius 3 is 2.37 bits per heavy atom. The maximum absolute atomic E-state index is 4.69. The van der Waals surface area contributed by atoms with Gasteiger partial charge in [0, 0.05) is 36.3 Å². The summed E-state index contributed by atoms with van der Waals surface area (Å²) in [6.45, 7) is 4.25. The largest absolute Gasteiger partial charge is 0.378 e. The van der Waals surface area contributed by atoms with Crippen molar-refractivity contribution in [3.05, 3.63) is 34.8 Å². The van der Waals surface area contributed by atoms with Crippen LogP contribution < -0.4 is 10.2 Å². The Morgan fingerprint density at radius 2 is 1.84 bits per heavy atom. The summed E-state index contributed by atoms with van der Waals surface area (Å²) in [5, 5.41) is 4.37. The predicted octanol–water partition coefficient (Wildman–Crippen LogP) is 3.46. The number of hydrogen-bond acceptors (Lipinski definition) is 4. The standard InChI is InChI=1S/C15H21N3S/c1-10(16-3)14-11(2)17-15(19-14)12-6-8-13(9-7-12)18(4)5/h6-10,16H,1-5H3. The highest BCUT2D eigenvalue weighted by molar-refractivity contribution is 7.15. The van der Waals surface area contributed by atoms with Crippen LogP contribution in [0.4, 0.5) is 5.69 Å². The van der Waals surface area contributed by atoms with Crippen LogP contribution in [0, 0.1) is 6.92 Å². The Hall–Kier alpha value is -1.39. The summed E-state index contributed by atoms with van der Waals surface area (Å²) in [5.74, 6) is 0. The highest BCUT2D eigenvalue weighted by Gasteiger charge is 2.13. The second-order valence-electron chi connectivity index (χ2n) is 4.92. The normalized spacial score (nSPS) is 12.5. The quantitative estimate of drug-likeness (QED) is 0.926. The van der Waals surface area contributed by atoms with Gasteiger partial charge in [-0.1, -0.05) is 0 Å². The summed E-state index contributed by atoms with van der Waals surface area (Å²) < 4.78 is 0. The fraction of sp³-hybridized carbons (Fsp3) is 0.400. The number of thiazole rings is 1. The molecule has 4 heteroatoms. The molecule has 0 saturated carbocycles. The summed E-state index contributed by atoms with van der Waals surface area (Å²) in [6, 6.07) is 8.90. The first kappa shape index (κ1) is 14.0. The SMILES string of the molecule is CNC(C)c1sc(-c2ccc(N(C)C)cc2)nc1C. The van der Waals surface area contributed by atoms with Crippen molar-refractivity contribution in [2.24, 2.45) is 0 Å². The molecule has 19 heavy (non-hydrogen) atoms. The number of aromatic nitrogens is 1. The van der Waals surface area contributed by atoms with Crippen LogP contribution in [0.25, 0.3) is 10.6 Å². The molecule has 0 amide bonds. The lowest BCUT2D eigenvalue weighted by Gasteiger charge is -2.12. The second-order valence-corrected chi connectivity index (χ2v) is 5.95. The van der Waals surface area contributed by atoms with Gasteiger partial charge in [-0.25, -0.2) is 4.98 Å². The summed E-state index contributed by atoms with van der Waals surface area (Å²) in [6.07, 6.45) is 0. The van der Waals surface area contributed by atoms with Crippen LogP contribution in [0.5, 0.6) is 0 Å². The average Bonchev–Trinajstić information content (AvgIpc) is 2.80. The highest BCUT2D eigenvalue weighted by Crippen LogP contribution is 2.32. The summed E-state index contributed by atoms with van der Waals surface area (Å²) in [7, 11) is 6.08. The minimum atomic E-state index is 0.354. The van der Waals surface area contributed by atoms with Gasteiger partial charge < -0.3 is 10.2 Å².